The summed E-state index contributed by atoms with van der Waals surface area (Å²) >= 11 is 3.32. The van der Waals surface area contributed by atoms with Crippen molar-refractivity contribution in [2.75, 3.05) is 13.7 Å². The van der Waals surface area contributed by atoms with Crippen LogP contribution >= 0.6 is 15.9 Å². The van der Waals surface area contributed by atoms with Crippen LogP contribution in [0.3, 0.4) is 0 Å². The van der Waals surface area contributed by atoms with Gasteiger partial charge in [-0.1, -0.05) is 28.1 Å². The van der Waals surface area contributed by atoms with Crippen LogP contribution in [-0.4, -0.2) is 46.8 Å². The lowest BCUT2D eigenvalue weighted by atomic mass is 10.2. The van der Waals surface area contributed by atoms with Gasteiger partial charge in [-0.3, -0.25) is 0 Å². The number of nitrogens with zero attached hydrogens (tertiary/aromatic N) is 1. The molecule has 0 fully saturated rings. The second-order valence-corrected chi connectivity index (χ2v) is 5.25. The first-order chi connectivity index (χ1) is 9.43. The maximum Gasteiger partial charge on any atom is 0.326 e. The van der Waals surface area contributed by atoms with Gasteiger partial charge < -0.3 is 20.4 Å². The quantitative estimate of drug-likeness (QED) is 0.728. The molecule has 0 aliphatic heterocycles. The van der Waals surface area contributed by atoms with Crippen molar-refractivity contribution in [3.05, 3.63) is 34.3 Å². The number of rotatable bonds is 6. The molecule has 2 amide bonds. The highest BCUT2D eigenvalue weighted by molar-refractivity contribution is 9.10. The van der Waals surface area contributed by atoms with Gasteiger partial charge in [0.05, 0.1) is 0 Å². The summed E-state index contributed by atoms with van der Waals surface area (Å²) in [4.78, 5) is 24.1. The van der Waals surface area contributed by atoms with Gasteiger partial charge in [0.25, 0.3) is 0 Å². The minimum Gasteiger partial charge on any atom is -0.480 e. The van der Waals surface area contributed by atoms with E-state index in [0.29, 0.717) is 6.54 Å². The van der Waals surface area contributed by atoms with Crippen LogP contribution in [0.2, 0.25) is 0 Å². The van der Waals surface area contributed by atoms with Gasteiger partial charge >= 0.3 is 12.0 Å². The molecule has 20 heavy (non-hydrogen) atoms. The molecule has 7 heteroatoms. The highest BCUT2D eigenvalue weighted by Gasteiger charge is 2.21. The number of benzene rings is 1. The average Bonchev–Trinajstić information content (AvgIpc) is 2.40. The number of hydrogen-bond donors (Lipinski definition) is 3. The van der Waals surface area contributed by atoms with E-state index in [2.05, 4.69) is 21.2 Å². The lowest BCUT2D eigenvalue weighted by Crippen LogP contribution is -2.46. The van der Waals surface area contributed by atoms with Crippen molar-refractivity contribution in [2.24, 2.45) is 0 Å². The van der Waals surface area contributed by atoms with Crippen molar-refractivity contribution in [1.29, 1.82) is 0 Å². The number of halogens is 1. The van der Waals surface area contributed by atoms with Gasteiger partial charge in [0.15, 0.2) is 0 Å². The molecule has 1 unspecified atom stereocenters. The minimum atomic E-state index is -1.16. The van der Waals surface area contributed by atoms with Crippen LogP contribution in [0.5, 0.6) is 0 Å². The fourth-order valence-corrected chi connectivity index (χ4v) is 1.85. The molecule has 3 N–H and O–H groups in total. The largest absolute Gasteiger partial charge is 0.480 e. The number of nitrogens with one attached hydrogen (secondary N) is 1. The molecule has 0 radical (unpaired) electrons. The number of aliphatic carboxylic acids is 1. The van der Waals surface area contributed by atoms with Crippen molar-refractivity contribution in [2.45, 2.75) is 19.0 Å². The Morgan fingerprint density at radius 2 is 1.95 bits per heavy atom. The molecule has 1 rings (SSSR count). The second kappa shape index (κ2) is 7.86. The third-order valence-electron chi connectivity index (χ3n) is 2.69. The normalized spacial score (nSPS) is 11.8. The summed E-state index contributed by atoms with van der Waals surface area (Å²) in [6.45, 7) is 0.0677. The van der Waals surface area contributed by atoms with Gasteiger partial charge in [-0.25, -0.2) is 9.59 Å². The molecule has 0 saturated carbocycles. The fraction of sp³-hybridized carbons (Fsp3) is 0.385. The molecular formula is C13H17BrN2O4. The van der Waals surface area contributed by atoms with Gasteiger partial charge in [-0.05, 0) is 17.7 Å². The van der Waals surface area contributed by atoms with E-state index >= 15 is 0 Å². The van der Waals surface area contributed by atoms with Crippen LogP contribution in [0.4, 0.5) is 4.79 Å². The molecule has 0 bridgehead atoms. The van der Waals surface area contributed by atoms with Crippen molar-refractivity contribution >= 4 is 27.9 Å². The molecule has 0 aliphatic carbocycles. The summed E-state index contributed by atoms with van der Waals surface area (Å²) < 4.78 is 0.947. The number of hydrogen-bond acceptors (Lipinski definition) is 3. The van der Waals surface area contributed by atoms with Gasteiger partial charge in [0.2, 0.25) is 0 Å². The lowest BCUT2D eigenvalue weighted by Gasteiger charge is -2.21. The third kappa shape index (κ3) is 5.18. The van der Waals surface area contributed by atoms with Crippen LogP contribution in [0.1, 0.15) is 12.0 Å². The Kier molecular flexibility index (Phi) is 6.47. The summed E-state index contributed by atoms with van der Waals surface area (Å²) in [5.41, 5.74) is 0.930. The summed E-state index contributed by atoms with van der Waals surface area (Å²) in [6.07, 6.45) is -0.0206. The number of urea groups is 1. The first kappa shape index (κ1) is 16.5. The first-order valence-corrected chi connectivity index (χ1v) is 6.83. The summed E-state index contributed by atoms with van der Waals surface area (Å²) in [7, 11) is 1.58. The first-order valence-electron chi connectivity index (χ1n) is 6.03. The van der Waals surface area contributed by atoms with Crippen molar-refractivity contribution in [3.63, 3.8) is 0 Å². The topological polar surface area (TPSA) is 89.9 Å². The molecule has 0 spiro atoms. The zero-order valence-corrected chi connectivity index (χ0v) is 12.6. The number of aliphatic hydroxyl groups excluding tert-OH is 1. The predicted molar refractivity (Wildman–Crippen MR) is 77.3 cm³/mol. The average molecular weight is 345 g/mol. The molecule has 6 nitrogen and oxygen atoms in total. The second-order valence-electron chi connectivity index (χ2n) is 4.34. The number of amides is 2. The third-order valence-corrected chi connectivity index (χ3v) is 3.22. The van der Waals surface area contributed by atoms with Gasteiger partial charge in [0.1, 0.15) is 6.04 Å². The molecule has 0 aromatic heterocycles. The van der Waals surface area contributed by atoms with Gasteiger partial charge in [-0.15, -0.1) is 0 Å². The highest BCUT2D eigenvalue weighted by Crippen LogP contribution is 2.11. The molecule has 1 aromatic carbocycles. The van der Waals surface area contributed by atoms with Crippen molar-refractivity contribution < 1.29 is 19.8 Å². The lowest BCUT2D eigenvalue weighted by molar-refractivity contribution is -0.139. The molecule has 110 valence electrons. The van der Waals surface area contributed by atoms with E-state index in [4.69, 9.17) is 10.2 Å². The van der Waals surface area contributed by atoms with Crippen LogP contribution in [0.25, 0.3) is 0 Å². The zero-order chi connectivity index (χ0) is 15.1. The number of carbonyl (C=O) groups excluding carboxylic acids is 1. The number of carboxylic acids is 1. The Labute approximate surface area is 125 Å². The standard InChI is InChI=1S/C13H17BrN2O4/c1-16(8-9-2-4-10(14)5-3-9)13(20)15-11(6-7-17)12(18)19/h2-5,11,17H,6-8H2,1H3,(H,15,20)(H,18,19). The SMILES string of the molecule is CN(Cc1ccc(Br)cc1)C(=O)NC(CCO)C(=O)O. The molecular weight excluding hydrogens is 328 g/mol. The molecule has 0 saturated heterocycles. The fourth-order valence-electron chi connectivity index (χ4n) is 1.58. The number of carboxylic acid groups (broad SMARTS) is 1. The Morgan fingerprint density at radius 1 is 1.35 bits per heavy atom. The van der Waals surface area contributed by atoms with E-state index in [1.807, 2.05) is 24.3 Å². The van der Waals surface area contributed by atoms with Crippen LogP contribution in [-0.2, 0) is 11.3 Å². The van der Waals surface area contributed by atoms with E-state index < -0.39 is 18.0 Å². The molecule has 0 aliphatic rings. The minimum absolute atomic E-state index is 0.0206. The molecule has 1 aromatic rings. The number of aliphatic hydroxyl groups is 1. The highest BCUT2D eigenvalue weighted by atomic mass is 79.9. The maximum absolute atomic E-state index is 11.9. The van der Waals surface area contributed by atoms with Crippen LogP contribution in [0, 0.1) is 0 Å². The molecule has 1 atom stereocenters. The van der Waals surface area contributed by atoms with E-state index in [-0.39, 0.29) is 13.0 Å². The summed E-state index contributed by atoms with van der Waals surface area (Å²) in [6, 6.07) is 5.90. The van der Waals surface area contributed by atoms with E-state index in [1.54, 1.807) is 7.05 Å². The molecule has 0 heterocycles. The Balaban J connectivity index is 2.57. The van der Waals surface area contributed by atoms with E-state index in [9.17, 15) is 9.59 Å². The van der Waals surface area contributed by atoms with Crippen LogP contribution in [0.15, 0.2) is 28.7 Å². The van der Waals surface area contributed by atoms with Gasteiger partial charge in [-0.2, -0.15) is 0 Å². The Morgan fingerprint density at radius 3 is 2.45 bits per heavy atom. The predicted octanol–water partition coefficient (Wildman–Crippen LogP) is 1.43. The smallest absolute Gasteiger partial charge is 0.326 e. The van der Waals surface area contributed by atoms with Crippen LogP contribution < -0.4 is 5.32 Å². The van der Waals surface area contributed by atoms with E-state index in [1.165, 1.54) is 4.90 Å². The van der Waals surface area contributed by atoms with Gasteiger partial charge in [0, 0.05) is 31.1 Å². The Hall–Kier alpha value is -1.60. The number of carbonyl (C=O) groups is 2. The summed E-state index contributed by atoms with van der Waals surface area (Å²) in [5, 5.41) is 20.0. The van der Waals surface area contributed by atoms with E-state index in [0.717, 1.165) is 10.0 Å². The summed E-state index contributed by atoms with van der Waals surface area (Å²) in [5.74, 6) is -1.16. The zero-order valence-electron chi connectivity index (χ0n) is 11.0. The Bertz CT molecular complexity index is 464. The monoisotopic (exact) mass is 344 g/mol. The maximum atomic E-state index is 11.9. The van der Waals surface area contributed by atoms with Crippen molar-refractivity contribution in [3.8, 4) is 0 Å². The van der Waals surface area contributed by atoms with Crippen molar-refractivity contribution in [1.82, 2.24) is 10.2 Å².